The molecule has 100 valence electrons. The third-order valence-corrected chi connectivity index (χ3v) is 5.63. The van der Waals surface area contributed by atoms with Crippen molar-refractivity contribution in [1.82, 2.24) is 4.98 Å². The molecule has 0 amide bonds. The molecule has 0 unspecified atom stereocenters. The first-order valence-corrected chi connectivity index (χ1v) is 8.34. The molecule has 1 aromatic heterocycles. The molecular formula is C15H23NOS. The summed E-state index contributed by atoms with van der Waals surface area (Å²) < 4.78 is 0. The molecule has 2 aliphatic carbocycles. The van der Waals surface area contributed by atoms with Gasteiger partial charge in [-0.05, 0) is 38.5 Å². The van der Waals surface area contributed by atoms with Crippen LogP contribution in [0.1, 0.15) is 80.3 Å². The summed E-state index contributed by atoms with van der Waals surface area (Å²) in [5, 5.41) is 13.2. The Hall–Kier alpha value is -0.410. The lowest BCUT2D eigenvalue weighted by atomic mass is 9.85. The molecule has 1 heterocycles. The Kier molecular flexibility index (Phi) is 4.00. The van der Waals surface area contributed by atoms with Crippen LogP contribution in [0.25, 0.3) is 0 Å². The van der Waals surface area contributed by atoms with Gasteiger partial charge in [0.25, 0.3) is 0 Å². The average Bonchev–Trinajstić information content (AvgIpc) is 2.90. The predicted molar refractivity (Wildman–Crippen MR) is 75.2 cm³/mol. The zero-order chi connectivity index (χ0) is 12.4. The van der Waals surface area contributed by atoms with Gasteiger partial charge in [-0.25, -0.2) is 4.98 Å². The molecule has 2 aliphatic rings. The standard InChI is InChI=1S/C15H23NOS/c17-13-8-6-11(7-9-13)14-10-18-15(16-14)12-4-2-1-3-5-12/h10-13,17H,1-9H2. The van der Waals surface area contributed by atoms with E-state index in [1.165, 1.54) is 42.8 Å². The van der Waals surface area contributed by atoms with Gasteiger partial charge in [-0.15, -0.1) is 11.3 Å². The van der Waals surface area contributed by atoms with Gasteiger partial charge in [-0.2, -0.15) is 0 Å². The van der Waals surface area contributed by atoms with Crippen LogP contribution in [0.5, 0.6) is 0 Å². The Morgan fingerprint density at radius 1 is 0.944 bits per heavy atom. The fourth-order valence-corrected chi connectivity index (χ4v) is 4.47. The Morgan fingerprint density at radius 3 is 2.39 bits per heavy atom. The summed E-state index contributed by atoms with van der Waals surface area (Å²) in [6.07, 6.45) is 11.0. The van der Waals surface area contributed by atoms with E-state index in [1.54, 1.807) is 0 Å². The lowest BCUT2D eigenvalue weighted by Gasteiger charge is -2.24. The maximum atomic E-state index is 9.57. The number of aliphatic hydroxyl groups excluding tert-OH is 1. The largest absolute Gasteiger partial charge is 0.393 e. The summed E-state index contributed by atoms with van der Waals surface area (Å²) in [6.45, 7) is 0. The third-order valence-electron chi connectivity index (χ3n) is 4.61. The van der Waals surface area contributed by atoms with Gasteiger partial charge in [-0.1, -0.05) is 19.3 Å². The Balaban J connectivity index is 1.65. The second-order valence-corrected chi connectivity index (χ2v) is 6.84. The fraction of sp³-hybridized carbons (Fsp3) is 0.800. The summed E-state index contributed by atoms with van der Waals surface area (Å²) in [6, 6.07) is 0. The zero-order valence-corrected chi connectivity index (χ0v) is 11.8. The van der Waals surface area contributed by atoms with Crippen LogP contribution in [0.2, 0.25) is 0 Å². The summed E-state index contributed by atoms with van der Waals surface area (Å²) in [4.78, 5) is 4.92. The number of thiazole rings is 1. The van der Waals surface area contributed by atoms with E-state index in [0.29, 0.717) is 5.92 Å². The number of hydrogen-bond acceptors (Lipinski definition) is 3. The second-order valence-electron chi connectivity index (χ2n) is 5.95. The van der Waals surface area contributed by atoms with E-state index in [2.05, 4.69) is 5.38 Å². The van der Waals surface area contributed by atoms with Crippen molar-refractivity contribution in [1.29, 1.82) is 0 Å². The molecule has 0 aromatic carbocycles. The van der Waals surface area contributed by atoms with Crippen LogP contribution in [0.15, 0.2) is 5.38 Å². The smallest absolute Gasteiger partial charge is 0.0959 e. The summed E-state index contributed by atoms with van der Waals surface area (Å²) in [7, 11) is 0. The van der Waals surface area contributed by atoms with Crippen LogP contribution in [-0.2, 0) is 0 Å². The highest BCUT2D eigenvalue weighted by molar-refractivity contribution is 7.09. The molecule has 2 nitrogen and oxygen atoms in total. The van der Waals surface area contributed by atoms with Gasteiger partial charge in [0.2, 0.25) is 0 Å². The zero-order valence-electron chi connectivity index (χ0n) is 11.0. The van der Waals surface area contributed by atoms with E-state index in [0.717, 1.165) is 31.6 Å². The van der Waals surface area contributed by atoms with Crippen LogP contribution in [0, 0.1) is 0 Å². The lowest BCUT2D eigenvalue weighted by Crippen LogP contribution is -2.17. The molecule has 0 saturated heterocycles. The van der Waals surface area contributed by atoms with Crippen LogP contribution in [0.3, 0.4) is 0 Å². The monoisotopic (exact) mass is 265 g/mol. The van der Waals surface area contributed by atoms with Crippen LogP contribution in [-0.4, -0.2) is 16.2 Å². The van der Waals surface area contributed by atoms with Crippen molar-refractivity contribution >= 4 is 11.3 Å². The Bertz CT molecular complexity index is 376. The normalized spacial score (nSPS) is 30.5. The first-order chi connectivity index (χ1) is 8.83. The summed E-state index contributed by atoms with van der Waals surface area (Å²) >= 11 is 1.88. The maximum Gasteiger partial charge on any atom is 0.0959 e. The van der Waals surface area contributed by atoms with E-state index >= 15 is 0 Å². The molecule has 0 aliphatic heterocycles. The molecule has 0 bridgehead atoms. The molecule has 3 rings (SSSR count). The summed E-state index contributed by atoms with van der Waals surface area (Å²) in [5.41, 5.74) is 1.31. The number of nitrogens with zero attached hydrogens (tertiary/aromatic N) is 1. The van der Waals surface area contributed by atoms with E-state index in [4.69, 9.17) is 4.98 Å². The molecule has 3 heteroatoms. The number of rotatable bonds is 2. The summed E-state index contributed by atoms with van der Waals surface area (Å²) in [5.74, 6) is 1.36. The highest BCUT2D eigenvalue weighted by Gasteiger charge is 2.24. The average molecular weight is 265 g/mol. The fourth-order valence-electron chi connectivity index (χ4n) is 3.40. The van der Waals surface area contributed by atoms with E-state index in [1.807, 2.05) is 11.3 Å². The minimum absolute atomic E-state index is 0.0577. The van der Waals surface area contributed by atoms with Gasteiger partial charge in [0.15, 0.2) is 0 Å². The number of hydrogen-bond donors (Lipinski definition) is 1. The van der Waals surface area contributed by atoms with Gasteiger partial charge in [0, 0.05) is 17.2 Å². The quantitative estimate of drug-likeness (QED) is 0.869. The molecule has 0 spiro atoms. The van der Waals surface area contributed by atoms with Crippen molar-refractivity contribution in [3.05, 3.63) is 16.1 Å². The molecule has 1 N–H and O–H groups in total. The van der Waals surface area contributed by atoms with Crippen molar-refractivity contribution in [2.45, 2.75) is 75.7 Å². The topological polar surface area (TPSA) is 33.1 Å². The minimum Gasteiger partial charge on any atom is -0.393 e. The van der Waals surface area contributed by atoms with Gasteiger partial charge in [-0.3, -0.25) is 0 Å². The molecule has 1 aromatic rings. The SMILES string of the molecule is OC1CCC(c2csc(C3CCCCC3)n2)CC1. The minimum atomic E-state index is -0.0577. The van der Waals surface area contributed by atoms with Crippen molar-refractivity contribution in [2.75, 3.05) is 0 Å². The molecule has 2 saturated carbocycles. The van der Waals surface area contributed by atoms with Crippen LogP contribution in [0.4, 0.5) is 0 Å². The predicted octanol–water partition coefficient (Wildman–Crippen LogP) is 4.21. The molecular weight excluding hydrogens is 242 g/mol. The highest BCUT2D eigenvalue weighted by atomic mass is 32.1. The first kappa shape index (κ1) is 12.6. The second kappa shape index (κ2) is 5.70. The first-order valence-electron chi connectivity index (χ1n) is 7.46. The Labute approximate surface area is 113 Å². The van der Waals surface area contributed by atoms with E-state index in [-0.39, 0.29) is 6.10 Å². The highest BCUT2D eigenvalue weighted by Crippen LogP contribution is 2.38. The molecule has 0 atom stereocenters. The van der Waals surface area contributed by atoms with Crippen molar-refractivity contribution in [3.8, 4) is 0 Å². The van der Waals surface area contributed by atoms with E-state index in [9.17, 15) is 5.11 Å². The van der Waals surface area contributed by atoms with Gasteiger partial charge in [0.05, 0.1) is 16.8 Å². The van der Waals surface area contributed by atoms with E-state index < -0.39 is 0 Å². The lowest BCUT2D eigenvalue weighted by molar-refractivity contribution is 0.122. The number of aromatic nitrogens is 1. The molecule has 0 radical (unpaired) electrons. The van der Waals surface area contributed by atoms with Gasteiger partial charge >= 0.3 is 0 Å². The Morgan fingerprint density at radius 2 is 1.67 bits per heavy atom. The van der Waals surface area contributed by atoms with Crippen LogP contribution < -0.4 is 0 Å². The van der Waals surface area contributed by atoms with Crippen molar-refractivity contribution < 1.29 is 5.11 Å². The maximum absolute atomic E-state index is 9.57. The molecule has 2 fully saturated rings. The molecule has 18 heavy (non-hydrogen) atoms. The van der Waals surface area contributed by atoms with Gasteiger partial charge in [0.1, 0.15) is 0 Å². The third kappa shape index (κ3) is 2.77. The van der Waals surface area contributed by atoms with Crippen molar-refractivity contribution in [2.24, 2.45) is 0 Å². The van der Waals surface area contributed by atoms with Crippen LogP contribution >= 0.6 is 11.3 Å². The van der Waals surface area contributed by atoms with Crippen molar-refractivity contribution in [3.63, 3.8) is 0 Å². The number of aliphatic hydroxyl groups is 1. The van der Waals surface area contributed by atoms with Gasteiger partial charge < -0.3 is 5.11 Å².